The van der Waals surface area contributed by atoms with Crippen LogP contribution >= 0.6 is 11.8 Å². The summed E-state index contributed by atoms with van der Waals surface area (Å²) >= 11 is 1.43. The van der Waals surface area contributed by atoms with Crippen LogP contribution in [-0.4, -0.2) is 48.7 Å². The summed E-state index contributed by atoms with van der Waals surface area (Å²) in [6.07, 6.45) is 5.86. The van der Waals surface area contributed by atoms with E-state index < -0.39 is 0 Å². The van der Waals surface area contributed by atoms with Crippen LogP contribution in [0.1, 0.15) is 48.0 Å². The second-order valence-electron chi connectivity index (χ2n) is 8.00. The molecule has 2 aromatic rings. The first-order valence-electron chi connectivity index (χ1n) is 11.0. The Hall–Kier alpha value is -2.47. The van der Waals surface area contributed by atoms with Crippen molar-refractivity contribution in [2.24, 2.45) is 0 Å². The van der Waals surface area contributed by atoms with Gasteiger partial charge in [0.1, 0.15) is 12.4 Å². The Kier molecular flexibility index (Phi) is 8.83. The molecule has 0 radical (unpaired) electrons. The molecule has 1 saturated carbocycles. The Morgan fingerprint density at radius 1 is 1.10 bits per heavy atom. The van der Waals surface area contributed by atoms with Gasteiger partial charge in [0.05, 0.1) is 17.9 Å². The minimum atomic E-state index is -0.149. The predicted molar refractivity (Wildman–Crippen MR) is 126 cm³/mol. The summed E-state index contributed by atoms with van der Waals surface area (Å²) in [7, 11) is 1.91. The second kappa shape index (κ2) is 11.8. The number of aryl methyl sites for hydroxylation is 1. The zero-order valence-corrected chi connectivity index (χ0v) is 19.2. The Morgan fingerprint density at radius 2 is 1.87 bits per heavy atom. The molecule has 5 nitrogen and oxygen atoms in total. The highest BCUT2D eigenvalue weighted by Gasteiger charge is 2.22. The molecule has 0 aliphatic heterocycles. The molecule has 1 fully saturated rings. The molecule has 166 valence electrons. The fraction of sp³-hybridized carbons (Fsp3) is 0.440. The molecule has 1 aliphatic carbocycles. The molecule has 0 spiro atoms. The van der Waals surface area contributed by atoms with Gasteiger partial charge in [-0.3, -0.25) is 9.59 Å². The highest BCUT2D eigenvalue weighted by atomic mass is 32.2. The number of carbonyl (C=O) groups is 2. The van der Waals surface area contributed by atoms with E-state index in [4.69, 9.17) is 4.74 Å². The molecule has 0 heterocycles. The number of amides is 2. The van der Waals surface area contributed by atoms with Gasteiger partial charge in [-0.25, -0.2) is 0 Å². The molecule has 0 unspecified atom stereocenters. The second-order valence-corrected chi connectivity index (χ2v) is 9.02. The highest BCUT2D eigenvalue weighted by molar-refractivity contribution is 8.00. The van der Waals surface area contributed by atoms with Gasteiger partial charge in [-0.15, -0.1) is 11.8 Å². The summed E-state index contributed by atoms with van der Waals surface area (Å²) in [4.78, 5) is 28.1. The molecule has 2 aromatic carbocycles. The molecule has 0 atom stereocenters. The van der Waals surface area contributed by atoms with Crippen molar-refractivity contribution in [3.63, 3.8) is 0 Å². The summed E-state index contributed by atoms with van der Waals surface area (Å²) in [6, 6.07) is 15.6. The third-order valence-corrected chi connectivity index (χ3v) is 6.70. The first-order chi connectivity index (χ1) is 15.0. The van der Waals surface area contributed by atoms with E-state index in [1.54, 1.807) is 6.07 Å². The van der Waals surface area contributed by atoms with E-state index in [9.17, 15) is 9.59 Å². The number of nitrogens with zero attached hydrogens (tertiary/aromatic N) is 1. The SMILES string of the molecule is Cc1cccc(OCCNC(=O)c2ccccc2SCC(=O)N(C)C2CCCCC2)c1. The fourth-order valence-electron chi connectivity index (χ4n) is 3.83. The van der Waals surface area contributed by atoms with Gasteiger partial charge in [-0.05, 0) is 49.6 Å². The lowest BCUT2D eigenvalue weighted by Crippen LogP contribution is -2.39. The number of benzene rings is 2. The summed E-state index contributed by atoms with van der Waals surface area (Å²) in [5.74, 6) is 1.11. The maximum absolute atomic E-state index is 12.7. The molecular weight excluding hydrogens is 408 g/mol. The Bertz CT molecular complexity index is 881. The number of thioether (sulfide) groups is 1. The van der Waals surface area contributed by atoms with Crippen molar-refractivity contribution in [3.05, 3.63) is 59.7 Å². The summed E-state index contributed by atoms with van der Waals surface area (Å²) < 4.78 is 5.70. The highest BCUT2D eigenvalue weighted by Crippen LogP contribution is 2.25. The zero-order chi connectivity index (χ0) is 22.1. The Balaban J connectivity index is 1.48. The largest absolute Gasteiger partial charge is 0.492 e. The van der Waals surface area contributed by atoms with Gasteiger partial charge >= 0.3 is 0 Å². The number of nitrogens with one attached hydrogen (secondary N) is 1. The van der Waals surface area contributed by atoms with Crippen LogP contribution in [0.15, 0.2) is 53.4 Å². The lowest BCUT2D eigenvalue weighted by molar-refractivity contribution is -0.129. The first kappa shape index (κ1) is 23.2. The van der Waals surface area contributed by atoms with Crippen LogP contribution in [0.3, 0.4) is 0 Å². The topological polar surface area (TPSA) is 58.6 Å². The molecule has 0 bridgehead atoms. The average molecular weight is 441 g/mol. The minimum absolute atomic E-state index is 0.124. The van der Waals surface area contributed by atoms with Crippen LogP contribution in [-0.2, 0) is 4.79 Å². The average Bonchev–Trinajstić information content (AvgIpc) is 2.80. The number of hydrogen-bond acceptors (Lipinski definition) is 4. The normalized spacial score (nSPS) is 14.1. The van der Waals surface area contributed by atoms with Gasteiger partial charge in [0.15, 0.2) is 0 Å². The maximum Gasteiger partial charge on any atom is 0.252 e. The number of hydrogen-bond donors (Lipinski definition) is 1. The van der Waals surface area contributed by atoms with Gasteiger partial charge in [0.25, 0.3) is 5.91 Å². The first-order valence-corrected chi connectivity index (χ1v) is 12.0. The van der Waals surface area contributed by atoms with E-state index in [1.165, 1.54) is 31.0 Å². The van der Waals surface area contributed by atoms with Crippen molar-refractivity contribution in [2.45, 2.75) is 50.0 Å². The third-order valence-electron chi connectivity index (χ3n) is 5.64. The number of rotatable bonds is 9. The molecule has 1 aliphatic rings. The summed E-state index contributed by atoms with van der Waals surface area (Å²) in [5.41, 5.74) is 1.73. The van der Waals surface area contributed by atoms with E-state index in [0.29, 0.717) is 30.5 Å². The van der Waals surface area contributed by atoms with Crippen molar-refractivity contribution in [1.29, 1.82) is 0 Å². The van der Waals surface area contributed by atoms with E-state index in [1.807, 2.05) is 61.3 Å². The van der Waals surface area contributed by atoms with Crippen molar-refractivity contribution < 1.29 is 14.3 Å². The van der Waals surface area contributed by atoms with Crippen molar-refractivity contribution >= 4 is 23.6 Å². The Labute approximate surface area is 189 Å². The fourth-order valence-corrected chi connectivity index (χ4v) is 4.80. The lowest BCUT2D eigenvalue weighted by atomic mass is 9.94. The molecule has 2 amide bonds. The van der Waals surface area contributed by atoms with Gasteiger partial charge in [-0.2, -0.15) is 0 Å². The molecule has 31 heavy (non-hydrogen) atoms. The van der Waals surface area contributed by atoms with Gasteiger partial charge in [-0.1, -0.05) is 43.5 Å². The Morgan fingerprint density at radius 3 is 2.65 bits per heavy atom. The van der Waals surface area contributed by atoms with Crippen LogP contribution in [0.4, 0.5) is 0 Å². The lowest BCUT2D eigenvalue weighted by Gasteiger charge is -2.31. The van der Waals surface area contributed by atoms with Crippen molar-refractivity contribution in [1.82, 2.24) is 10.2 Å². The van der Waals surface area contributed by atoms with E-state index in [0.717, 1.165) is 29.1 Å². The predicted octanol–water partition coefficient (Wildman–Crippen LogP) is 4.69. The van der Waals surface area contributed by atoms with E-state index in [2.05, 4.69) is 5.32 Å². The molecule has 1 N–H and O–H groups in total. The van der Waals surface area contributed by atoms with Crippen molar-refractivity contribution in [3.8, 4) is 5.75 Å². The van der Waals surface area contributed by atoms with Crippen LogP contribution in [0, 0.1) is 6.92 Å². The van der Waals surface area contributed by atoms with Crippen LogP contribution in [0.5, 0.6) is 5.75 Å². The van der Waals surface area contributed by atoms with E-state index in [-0.39, 0.29) is 11.8 Å². The minimum Gasteiger partial charge on any atom is -0.492 e. The smallest absolute Gasteiger partial charge is 0.252 e. The monoisotopic (exact) mass is 440 g/mol. The van der Waals surface area contributed by atoms with Gasteiger partial charge in [0.2, 0.25) is 5.91 Å². The number of ether oxygens (including phenoxy) is 1. The van der Waals surface area contributed by atoms with E-state index >= 15 is 0 Å². The third kappa shape index (κ3) is 7.03. The molecule has 3 rings (SSSR count). The summed E-state index contributed by atoms with van der Waals surface area (Å²) in [5, 5.41) is 2.91. The standard InChI is InChI=1S/C25H32N2O3S/c1-19-9-8-12-21(17-19)30-16-15-26-25(29)22-13-6-7-14-23(22)31-18-24(28)27(2)20-10-4-3-5-11-20/h6-9,12-14,17,20H,3-5,10-11,15-16,18H2,1-2H3,(H,26,29). The molecule has 6 heteroatoms. The molecule has 0 aromatic heterocycles. The van der Waals surface area contributed by atoms with Crippen LogP contribution in [0.2, 0.25) is 0 Å². The molecule has 0 saturated heterocycles. The number of carbonyl (C=O) groups excluding carboxylic acids is 2. The van der Waals surface area contributed by atoms with Gasteiger partial charge in [0, 0.05) is 18.0 Å². The zero-order valence-electron chi connectivity index (χ0n) is 18.4. The van der Waals surface area contributed by atoms with Crippen molar-refractivity contribution in [2.75, 3.05) is 26.0 Å². The van der Waals surface area contributed by atoms with Gasteiger partial charge < -0.3 is 15.0 Å². The molecular formula is C25H32N2O3S. The maximum atomic E-state index is 12.7. The quantitative estimate of drug-likeness (QED) is 0.454. The van der Waals surface area contributed by atoms with Crippen LogP contribution in [0.25, 0.3) is 0 Å². The van der Waals surface area contributed by atoms with Crippen LogP contribution < -0.4 is 10.1 Å². The summed E-state index contributed by atoms with van der Waals surface area (Å²) in [6.45, 7) is 2.82.